The molecule has 2 N–H and O–H groups in total. The summed E-state index contributed by atoms with van der Waals surface area (Å²) < 4.78 is 50.0. The third-order valence-electron chi connectivity index (χ3n) is 6.15. The number of ether oxygens (including phenoxy) is 2. The predicted octanol–water partition coefficient (Wildman–Crippen LogP) is 3.81. The van der Waals surface area contributed by atoms with Gasteiger partial charge in [0.2, 0.25) is 0 Å². The van der Waals surface area contributed by atoms with Crippen molar-refractivity contribution in [2.24, 2.45) is 0 Å². The third kappa shape index (κ3) is 5.40. The van der Waals surface area contributed by atoms with Gasteiger partial charge in [0.1, 0.15) is 18.5 Å². The first kappa shape index (κ1) is 24.5. The summed E-state index contributed by atoms with van der Waals surface area (Å²) in [6.07, 6.45) is -4.54. The summed E-state index contributed by atoms with van der Waals surface area (Å²) in [5.74, 6) is -1.67. The molecule has 3 atom stereocenters. The fraction of sp³-hybridized carbons (Fsp3) is 0.375. The molecule has 0 aliphatic carbocycles. The molecular weight excluding hydrogens is 469 g/mol. The van der Waals surface area contributed by atoms with E-state index in [2.05, 4.69) is 5.32 Å². The van der Waals surface area contributed by atoms with Gasteiger partial charge in [-0.25, -0.2) is 0 Å². The fourth-order valence-corrected chi connectivity index (χ4v) is 4.31. The zero-order valence-corrected chi connectivity index (χ0v) is 18.7. The maximum Gasteiger partial charge on any atom is 0.416 e. The van der Waals surface area contributed by atoms with E-state index in [-0.39, 0.29) is 47.5 Å². The lowest BCUT2D eigenvalue weighted by atomic mass is 9.94. The van der Waals surface area contributed by atoms with Crippen molar-refractivity contribution in [1.29, 1.82) is 0 Å². The predicted molar refractivity (Wildman–Crippen MR) is 117 cm³/mol. The van der Waals surface area contributed by atoms with Gasteiger partial charge in [0, 0.05) is 18.3 Å². The van der Waals surface area contributed by atoms with Crippen molar-refractivity contribution < 1.29 is 42.1 Å². The molecule has 2 heterocycles. The van der Waals surface area contributed by atoms with Crippen molar-refractivity contribution >= 4 is 23.5 Å². The van der Waals surface area contributed by atoms with Crippen molar-refractivity contribution in [3.05, 3.63) is 59.2 Å². The van der Waals surface area contributed by atoms with Crippen LogP contribution in [0.5, 0.6) is 5.75 Å². The Morgan fingerprint density at radius 3 is 2.51 bits per heavy atom. The fourth-order valence-electron chi connectivity index (χ4n) is 4.31. The van der Waals surface area contributed by atoms with Crippen LogP contribution in [0.4, 0.5) is 18.9 Å². The number of benzene rings is 2. The Bertz CT molecular complexity index is 1140. The number of alkyl halides is 3. The number of hydrogen-bond acceptors (Lipinski definition) is 5. The van der Waals surface area contributed by atoms with Crippen LogP contribution in [0.1, 0.15) is 45.5 Å². The molecule has 0 saturated carbocycles. The van der Waals surface area contributed by atoms with Crippen molar-refractivity contribution in [2.45, 2.75) is 43.7 Å². The van der Waals surface area contributed by atoms with Gasteiger partial charge in [-0.05, 0) is 55.3 Å². The number of carboxylic acid groups (broad SMARTS) is 1. The zero-order valence-electron chi connectivity index (χ0n) is 18.7. The summed E-state index contributed by atoms with van der Waals surface area (Å²) in [5.41, 5.74) is -0.343. The Balaban J connectivity index is 1.50. The first-order chi connectivity index (χ1) is 16.5. The van der Waals surface area contributed by atoms with E-state index in [0.29, 0.717) is 12.8 Å². The molecule has 0 aromatic heterocycles. The van der Waals surface area contributed by atoms with Gasteiger partial charge in [-0.1, -0.05) is 0 Å². The quantitative estimate of drug-likeness (QED) is 0.673. The van der Waals surface area contributed by atoms with Gasteiger partial charge in [-0.15, -0.1) is 0 Å². The summed E-state index contributed by atoms with van der Waals surface area (Å²) in [4.78, 5) is 38.3. The van der Waals surface area contributed by atoms with Gasteiger partial charge in [-0.3, -0.25) is 14.4 Å². The van der Waals surface area contributed by atoms with Crippen molar-refractivity contribution in [3.8, 4) is 5.75 Å². The van der Waals surface area contributed by atoms with Crippen LogP contribution in [0, 0.1) is 0 Å². The molecule has 2 amide bonds. The van der Waals surface area contributed by atoms with Crippen molar-refractivity contribution in [2.75, 3.05) is 19.0 Å². The number of carbonyl (C=O) groups is 3. The van der Waals surface area contributed by atoms with Gasteiger partial charge in [-0.2, -0.15) is 13.2 Å². The van der Waals surface area contributed by atoms with Gasteiger partial charge >= 0.3 is 12.1 Å². The molecule has 1 saturated heterocycles. The first-order valence-corrected chi connectivity index (χ1v) is 10.9. The average molecular weight is 492 g/mol. The molecule has 0 bridgehead atoms. The molecule has 2 aromatic carbocycles. The van der Waals surface area contributed by atoms with Crippen LogP contribution in [-0.2, 0) is 15.7 Å². The Morgan fingerprint density at radius 1 is 1.14 bits per heavy atom. The van der Waals surface area contributed by atoms with E-state index in [0.717, 1.165) is 24.3 Å². The van der Waals surface area contributed by atoms with Crippen LogP contribution in [0.2, 0.25) is 0 Å². The summed E-state index contributed by atoms with van der Waals surface area (Å²) >= 11 is 0. The second-order valence-corrected chi connectivity index (χ2v) is 8.51. The highest BCUT2D eigenvalue weighted by Gasteiger charge is 2.39. The summed E-state index contributed by atoms with van der Waals surface area (Å²) in [5, 5.41) is 11.6. The maximum atomic E-state index is 13.2. The number of amides is 2. The molecule has 4 rings (SSSR count). The van der Waals surface area contributed by atoms with Crippen LogP contribution in [0.25, 0.3) is 0 Å². The van der Waals surface area contributed by atoms with E-state index in [1.165, 1.54) is 23.1 Å². The van der Waals surface area contributed by atoms with E-state index < -0.39 is 35.8 Å². The molecule has 35 heavy (non-hydrogen) atoms. The van der Waals surface area contributed by atoms with E-state index >= 15 is 0 Å². The molecule has 2 aliphatic heterocycles. The average Bonchev–Trinajstić information content (AvgIpc) is 2.81. The van der Waals surface area contributed by atoms with Crippen LogP contribution in [-0.4, -0.2) is 59.7 Å². The molecule has 11 heteroatoms. The van der Waals surface area contributed by atoms with Gasteiger partial charge in [0.15, 0.2) is 0 Å². The summed E-state index contributed by atoms with van der Waals surface area (Å²) in [7, 11) is 1.63. The van der Waals surface area contributed by atoms with Crippen molar-refractivity contribution in [1.82, 2.24) is 4.90 Å². The Hall–Kier alpha value is -3.60. The monoisotopic (exact) mass is 492 g/mol. The first-order valence-electron chi connectivity index (χ1n) is 10.9. The number of aliphatic carboxylic acids is 1. The number of anilines is 1. The molecule has 186 valence electrons. The lowest BCUT2D eigenvalue weighted by molar-refractivity contribution is -0.148. The number of likely N-dealkylation sites (N-methyl/N-ethyl adjacent to an activating group) is 1. The number of carbonyl (C=O) groups excluding carboxylic acids is 2. The SMILES string of the molecule is CN1C(=O)c2cc(NC(=O)c3ccc(C(F)(F)F)cc3)ccc2OC[C@@H]2O[C@H](CC(=O)O)CC[C@H]21. The van der Waals surface area contributed by atoms with Crippen LogP contribution >= 0.6 is 0 Å². The van der Waals surface area contributed by atoms with Gasteiger partial charge < -0.3 is 24.8 Å². The van der Waals surface area contributed by atoms with Crippen LogP contribution in [0.15, 0.2) is 42.5 Å². The molecule has 8 nitrogen and oxygen atoms in total. The molecule has 2 aliphatic rings. The minimum Gasteiger partial charge on any atom is -0.490 e. The normalized spacial score (nSPS) is 22.2. The number of halogens is 3. The Labute approximate surface area is 198 Å². The molecule has 0 spiro atoms. The second-order valence-electron chi connectivity index (χ2n) is 8.51. The standard InChI is InChI=1S/C24H23F3N2O6/c1-29-18-8-7-16(11-21(30)31)35-20(18)12-34-19-9-6-15(10-17(19)23(29)33)28-22(32)13-2-4-14(5-3-13)24(25,26)27/h2-6,9-10,16,18,20H,7-8,11-12H2,1H3,(H,28,32)(H,30,31)/t16-,18+,20-/m0/s1. The highest BCUT2D eigenvalue weighted by molar-refractivity contribution is 6.05. The minimum atomic E-state index is -4.50. The van der Waals surface area contributed by atoms with Gasteiger partial charge in [0.25, 0.3) is 11.8 Å². The number of fused-ring (bicyclic) bond motifs is 2. The summed E-state index contributed by atoms with van der Waals surface area (Å²) in [6.45, 7) is 0.114. The molecule has 0 radical (unpaired) electrons. The van der Waals surface area contributed by atoms with E-state index in [9.17, 15) is 27.6 Å². The highest BCUT2D eigenvalue weighted by atomic mass is 19.4. The Kier molecular flexibility index (Phi) is 6.70. The van der Waals surface area contributed by atoms with Crippen LogP contribution < -0.4 is 10.1 Å². The number of nitrogens with one attached hydrogen (secondary N) is 1. The van der Waals surface area contributed by atoms with Crippen LogP contribution in [0.3, 0.4) is 0 Å². The van der Waals surface area contributed by atoms with E-state index in [1.54, 1.807) is 7.05 Å². The zero-order chi connectivity index (χ0) is 25.3. The molecule has 0 unspecified atom stereocenters. The third-order valence-corrected chi connectivity index (χ3v) is 6.15. The Morgan fingerprint density at radius 2 is 1.86 bits per heavy atom. The summed E-state index contributed by atoms with van der Waals surface area (Å²) in [6, 6.07) is 7.97. The number of nitrogens with zero attached hydrogens (tertiary/aromatic N) is 1. The van der Waals surface area contributed by atoms with E-state index in [1.807, 2.05) is 0 Å². The van der Waals surface area contributed by atoms with Gasteiger partial charge in [0.05, 0.1) is 29.7 Å². The second kappa shape index (κ2) is 9.57. The minimum absolute atomic E-state index is 0.0301. The topological polar surface area (TPSA) is 105 Å². The van der Waals surface area contributed by atoms with Crippen molar-refractivity contribution in [3.63, 3.8) is 0 Å². The molecule has 2 aromatic rings. The lowest BCUT2D eigenvalue weighted by Gasteiger charge is -2.42. The highest BCUT2D eigenvalue weighted by Crippen LogP contribution is 2.33. The maximum absolute atomic E-state index is 13.2. The van der Waals surface area contributed by atoms with E-state index in [4.69, 9.17) is 14.6 Å². The molecular formula is C24H23F3N2O6. The molecule has 1 fully saturated rings. The number of hydrogen-bond donors (Lipinski definition) is 2. The number of rotatable bonds is 4. The number of carboxylic acids is 1. The lowest BCUT2D eigenvalue weighted by Crippen LogP contribution is -2.53. The smallest absolute Gasteiger partial charge is 0.416 e. The largest absolute Gasteiger partial charge is 0.490 e.